The number of hydrogen-bond donors (Lipinski definition) is 3. The van der Waals surface area contributed by atoms with E-state index in [4.69, 9.17) is 5.11 Å². The molecular weight excluding hydrogens is 248 g/mol. The monoisotopic (exact) mass is 270 g/mol. The second-order valence-corrected chi connectivity index (χ2v) is 5.07. The molecular formula is C13H22N2O4. The lowest BCUT2D eigenvalue weighted by atomic mass is 10.0. The molecule has 3 atom stereocenters. The molecule has 108 valence electrons. The Morgan fingerprint density at radius 2 is 1.89 bits per heavy atom. The summed E-state index contributed by atoms with van der Waals surface area (Å²) in [6.07, 6.45) is 2.32. The molecule has 0 radical (unpaired) electrons. The van der Waals surface area contributed by atoms with Gasteiger partial charge in [0.15, 0.2) is 0 Å². The fraction of sp³-hybridized carbons (Fsp3) is 0.769. The normalized spacial score (nSPS) is 23.7. The van der Waals surface area contributed by atoms with Crippen LogP contribution in [-0.4, -0.2) is 35.5 Å². The molecule has 6 heteroatoms. The minimum absolute atomic E-state index is 0.206. The van der Waals surface area contributed by atoms with Crippen molar-refractivity contribution in [3.63, 3.8) is 0 Å². The molecule has 1 fully saturated rings. The Hall–Kier alpha value is -1.59. The Kier molecular flexibility index (Phi) is 5.79. The Labute approximate surface area is 112 Å². The van der Waals surface area contributed by atoms with Gasteiger partial charge in [0.25, 0.3) is 0 Å². The van der Waals surface area contributed by atoms with Crippen molar-refractivity contribution < 1.29 is 19.5 Å². The van der Waals surface area contributed by atoms with Gasteiger partial charge >= 0.3 is 5.97 Å². The summed E-state index contributed by atoms with van der Waals surface area (Å²) in [7, 11) is 0. The third-order valence-corrected chi connectivity index (χ3v) is 3.45. The van der Waals surface area contributed by atoms with Crippen molar-refractivity contribution in [1.82, 2.24) is 10.6 Å². The largest absolute Gasteiger partial charge is 0.481 e. The number of hydrogen-bond acceptors (Lipinski definition) is 3. The molecule has 3 unspecified atom stereocenters. The van der Waals surface area contributed by atoms with E-state index in [0.717, 1.165) is 6.42 Å². The maximum Gasteiger partial charge on any atom is 0.306 e. The standard InChI is InChI=1S/C13H22N2O4/c1-3-6-14-11(16)8(2)15-12(17)9-4-5-10(7-9)13(18)19/h8-10H,3-7H2,1-2H3,(H,14,16)(H,15,17)(H,18,19). The third-order valence-electron chi connectivity index (χ3n) is 3.45. The number of carbonyl (C=O) groups is 3. The van der Waals surface area contributed by atoms with E-state index in [-0.39, 0.29) is 17.7 Å². The van der Waals surface area contributed by atoms with Crippen LogP contribution >= 0.6 is 0 Å². The first-order valence-electron chi connectivity index (χ1n) is 6.76. The van der Waals surface area contributed by atoms with Crippen molar-refractivity contribution in [2.45, 2.75) is 45.6 Å². The van der Waals surface area contributed by atoms with Gasteiger partial charge in [-0.3, -0.25) is 14.4 Å². The van der Waals surface area contributed by atoms with E-state index in [1.54, 1.807) is 6.92 Å². The number of carboxylic acid groups (broad SMARTS) is 1. The topological polar surface area (TPSA) is 95.5 Å². The third kappa shape index (κ3) is 4.54. The molecule has 0 heterocycles. The highest BCUT2D eigenvalue weighted by molar-refractivity contribution is 5.88. The Morgan fingerprint density at radius 3 is 2.42 bits per heavy atom. The summed E-state index contributed by atoms with van der Waals surface area (Å²) in [6.45, 7) is 4.17. The fourth-order valence-electron chi connectivity index (χ4n) is 2.24. The minimum atomic E-state index is -0.843. The summed E-state index contributed by atoms with van der Waals surface area (Å²) in [4.78, 5) is 34.3. The van der Waals surface area contributed by atoms with Crippen LogP contribution in [0.4, 0.5) is 0 Å². The van der Waals surface area contributed by atoms with E-state index >= 15 is 0 Å². The number of carboxylic acids is 1. The van der Waals surface area contributed by atoms with Crippen molar-refractivity contribution in [3.05, 3.63) is 0 Å². The average molecular weight is 270 g/mol. The van der Waals surface area contributed by atoms with Gasteiger partial charge in [-0.1, -0.05) is 6.92 Å². The van der Waals surface area contributed by atoms with Crippen LogP contribution in [0.3, 0.4) is 0 Å². The van der Waals surface area contributed by atoms with E-state index in [1.165, 1.54) is 0 Å². The zero-order chi connectivity index (χ0) is 14.4. The molecule has 0 aliphatic heterocycles. The molecule has 1 saturated carbocycles. The first-order chi connectivity index (χ1) is 8.95. The van der Waals surface area contributed by atoms with Gasteiger partial charge in [-0.25, -0.2) is 0 Å². The van der Waals surface area contributed by atoms with Gasteiger partial charge in [-0.2, -0.15) is 0 Å². The van der Waals surface area contributed by atoms with E-state index < -0.39 is 17.9 Å². The fourth-order valence-corrected chi connectivity index (χ4v) is 2.24. The molecule has 0 bridgehead atoms. The second-order valence-electron chi connectivity index (χ2n) is 5.07. The predicted octanol–water partition coefficient (Wildman–Crippen LogP) is 0.518. The van der Waals surface area contributed by atoms with Crippen LogP contribution in [0.2, 0.25) is 0 Å². The summed E-state index contributed by atoms with van der Waals surface area (Å²) >= 11 is 0. The van der Waals surface area contributed by atoms with E-state index in [2.05, 4.69) is 10.6 Å². The molecule has 1 rings (SSSR count). The molecule has 3 N–H and O–H groups in total. The molecule has 1 aliphatic carbocycles. The number of rotatable bonds is 6. The van der Waals surface area contributed by atoms with Crippen LogP contribution in [-0.2, 0) is 14.4 Å². The van der Waals surface area contributed by atoms with Crippen molar-refractivity contribution in [3.8, 4) is 0 Å². The summed E-state index contributed by atoms with van der Waals surface area (Å²) in [5, 5.41) is 14.2. The molecule has 0 aromatic heterocycles. The summed E-state index contributed by atoms with van der Waals surface area (Å²) in [6, 6.07) is -0.581. The van der Waals surface area contributed by atoms with Gasteiger partial charge < -0.3 is 15.7 Å². The average Bonchev–Trinajstić information content (AvgIpc) is 2.85. The molecule has 0 spiro atoms. The van der Waals surface area contributed by atoms with E-state index in [1.807, 2.05) is 6.92 Å². The smallest absolute Gasteiger partial charge is 0.306 e. The summed E-state index contributed by atoms with van der Waals surface area (Å²) in [5.41, 5.74) is 0. The Morgan fingerprint density at radius 1 is 1.26 bits per heavy atom. The van der Waals surface area contributed by atoms with Crippen molar-refractivity contribution in [2.24, 2.45) is 11.8 Å². The maximum atomic E-state index is 11.9. The second kappa shape index (κ2) is 7.11. The quantitative estimate of drug-likeness (QED) is 0.655. The molecule has 2 amide bonds. The molecule has 0 aromatic rings. The zero-order valence-electron chi connectivity index (χ0n) is 11.4. The van der Waals surface area contributed by atoms with Crippen LogP contribution in [0.15, 0.2) is 0 Å². The molecule has 6 nitrogen and oxygen atoms in total. The summed E-state index contributed by atoms with van der Waals surface area (Å²) in [5.74, 6) is -1.99. The highest BCUT2D eigenvalue weighted by Crippen LogP contribution is 2.31. The van der Waals surface area contributed by atoms with Gasteiger partial charge in [-0.15, -0.1) is 0 Å². The van der Waals surface area contributed by atoms with Crippen LogP contribution in [0, 0.1) is 11.8 Å². The Bertz CT molecular complexity index is 357. The predicted molar refractivity (Wildman–Crippen MR) is 69.4 cm³/mol. The van der Waals surface area contributed by atoms with Crippen LogP contribution in [0.1, 0.15) is 39.5 Å². The van der Waals surface area contributed by atoms with E-state index in [0.29, 0.717) is 25.8 Å². The highest BCUT2D eigenvalue weighted by Gasteiger charge is 2.34. The number of carbonyl (C=O) groups excluding carboxylic acids is 2. The number of nitrogens with one attached hydrogen (secondary N) is 2. The van der Waals surface area contributed by atoms with Gasteiger partial charge in [0.1, 0.15) is 6.04 Å². The van der Waals surface area contributed by atoms with Crippen molar-refractivity contribution in [2.75, 3.05) is 6.54 Å². The maximum absolute atomic E-state index is 11.9. The van der Waals surface area contributed by atoms with Crippen LogP contribution < -0.4 is 10.6 Å². The zero-order valence-corrected chi connectivity index (χ0v) is 11.4. The lowest BCUT2D eigenvalue weighted by molar-refractivity contribution is -0.141. The SMILES string of the molecule is CCCNC(=O)C(C)NC(=O)C1CCC(C(=O)O)C1. The first-order valence-corrected chi connectivity index (χ1v) is 6.76. The lowest BCUT2D eigenvalue weighted by Crippen LogP contribution is -2.46. The van der Waals surface area contributed by atoms with E-state index in [9.17, 15) is 14.4 Å². The molecule has 19 heavy (non-hydrogen) atoms. The first kappa shape index (κ1) is 15.5. The van der Waals surface area contributed by atoms with Gasteiger partial charge in [0.2, 0.25) is 11.8 Å². The Balaban J connectivity index is 2.39. The van der Waals surface area contributed by atoms with Gasteiger partial charge in [-0.05, 0) is 32.6 Å². The van der Waals surface area contributed by atoms with Gasteiger partial charge in [0, 0.05) is 12.5 Å². The molecule has 1 aliphatic rings. The molecule has 0 saturated heterocycles. The molecule has 0 aromatic carbocycles. The van der Waals surface area contributed by atoms with Crippen LogP contribution in [0.25, 0.3) is 0 Å². The summed E-state index contributed by atoms with van der Waals surface area (Å²) < 4.78 is 0. The van der Waals surface area contributed by atoms with Crippen LogP contribution in [0.5, 0.6) is 0 Å². The van der Waals surface area contributed by atoms with Crippen molar-refractivity contribution in [1.29, 1.82) is 0 Å². The van der Waals surface area contributed by atoms with Crippen molar-refractivity contribution >= 4 is 17.8 Å². The number of aliphatic carboxylic acids is 1. The minimum Gasteiger partial charge on any atom is -0.481 e. The number of amides is 2. The van der Waals surface area contributed by atoms with Gasteiger partial charge in [0.05, 0.1) is 5.92 Å². The lowest BCUT2D eigenvalue weighted by Gasteiger charge is -2.16. The highest BCUT2D eigenvalue weighted by atomic mass is 16.4.